The molecule has 0 spiro atoms. The molecular weight excluding hydrogens is 707 g/mol. The lowest BCUT2D eigenvalue weighted by molar-refractivity contribution is -0.144. The second-order valence-electron chi connectivity index (χ2n) is 16.3. The summed E-state index contributed by atoms with van der Waals surface area (Å²) >= 11 is 0. The van der Waals surface area contributed by atoms with Gasteiger partial charge in [-0.3, -0.25) is 24.3 Å². The Kier molecular flexibility index (Phi) is 13.1. The standard InChI is InChI=1S/C45H55N5O6/c51-43(52)39(34-9-13-46-23-34)20-29-3-1-5-32(17-29)26-50(27-33-6-2-4-30(18-33)21-40(44(53)54)35-10-14-47-24-35)28-37-12-16-49-42-8-7-31(19-38(37)42)22-41(45(55)56)36-11-15-48-25-36/h1-8,12,16-19,34-36,39-41,46-48H,9-11,13-15,20-28H2,(H,51,52)(H,53,54)(H,55,56)/t34-,35-,36-,39-,40-,41-/m0/s1. The van der Waals surface area contributed by atoms with Crippen LogP contribution in [0.1, 0.15) is 52.6 Å². The zero-order valence-corrected chi connectivity index (χ0v) is 32.0. The topological polar surface area (TPSA) is 164 Å². The molecule has 0 aliphatic carbocycles. The molecule has 1 aromatic heterocycles. The Labute approximate surface area is 328 Å². The summed E-state index contributed by atoms with van der Waals surface area (Å²) in [5.74, 6) is -3.31. The molecule has 3 aliphatic rings. The van der Waals surface area contributed by atoms with Crippen LogP contribution >= 0.6 is 0 Å². The van der Waals surface area contributed by atoms with E-state index >= 15 is 0 Å². The number of carboxylic acids is 3. The van der Waals surface area contributed by atoms with Crippen LogP contribution in [0.5, 0.6) is 0 Å². The molecule has 6 N–H and O–H groups in total. The highest BCUT2D eigenvalue weighted by molar-refractivity contribution is 5.83. The summed E-state index contributed by atoms with van der Waals surface area (Å²) in [7, 11) is 0. The van der Waals surface area contributed by atoms with Crippen molar-refractivity contribution in [1.29, 1.82) is 0 Å². The van der Waals surface area contributed by atoms with E-state index in [1.54, 1.807) is 0 Å². The number of nitrogens with zero attached hydrogens (tertiary/aromatic N) is 2. The van der Waals surface area contributed by atoms with Crippen molar-refractivity contribution < 1.29 is 29.7 Å². The van der Waals surface area contributed by atoms with Crippen molar-refractivity contribution in [3.63, 3.8) is 0 Å². The third kappa shape index (κ3) is 10.00. The minimum absolute atomic E-state index is 0.0970. The maximum atomic E-state index is 12.4. The van der Waals surface area contributed by atoms with E-state index < -0.39 is 35.7 Å². The Morgan fingerprint density at radius 1 is 0.589 bits per heavy atom. The fourth-order valence-corrected chi connectivity index (χ4v) is 9.34. The molecule has 0 saturated carbocycles. The lowest BCUT2D eigenvalue weighted by Gasteiger charge is -2.25. The molecule has 296 valence electrons. The van der Waals surface area contributed by atoms with Gasteiger partial charge >= 0.3 is 17.9 Å². The van der Waals surface area contributed by atoms with Crippen LogP contribution in [0.3, 0.4) is 0 Å². The zero-order chi connectivity index (χ0) is 39.0. The average Bonchev–Trinajstić information content (AvgIpc) is 4.01. The maximum Gasteiger partial charge on any atom is 0.307 e. The quantitative estimate of drug-likeness (QED) is 0.0810. The lowest BCUT2D eigenvalue weighted by Crippen LogP contribution is -2.28. The number of fused-ring (bicyclic) bond motifs is 1. The molecule has 4 heterocycles. The van der Waals surface area contributed by atoms with Crippen LogP contribution in [-0.4, -0.2) is 82.4 Å². The molecule has 0 bridgehead atoms. The summed E-state index contributed by atoms with van der Waals surface area (Å²) in [6.07, 6.45) is 5.83. The van der Waals surface area contributed by atoms with Gasteiger partial charge in [0.25, 0.3) is 0 Å². The lowest BCUT2D eigenvalue weighted by atomic mass is 9.85. The number of aliphatic carboxylic acids is 3. The summed E-state index contributed by atoms with van der Waals surface area (Å²) in [5.41, 5.74) is 7.10. The van der Waals surface area contributed by atoms with Crippen molar-refractivity contribution in [3.05, 3.63) is 112 Å². The number of aromatic nitrogens is 1. The fraction of sp³-hybridized carbons (Fsp3) is 0.467. The number of rotatable bonds is 18. The van der Waals surface area contributed by atoms with Gasteiger partial charge < -0.3 is 31.3 Å². The summed E-state index contributed by atoms with van der Waals surface area (Å²) in [4.78, 5) is 44.1. The Morgan fingerprint density at radius 3 is 1.46 bits per heavy atom. The summed E-state index contributed by atoms with van der Waals surface area (Å²) in [6.45, 7) is 6.51. The minimum atomic E-state index is -0.759. The number of nitrogens with one attached hydrogen (secondary N) is 3. The number of carbonyl (C=O) groups is 3. The molecule has 11 heteroatoms. The predicted octanol–water partition coefficient (Wildman–Crippen LogP) is 5.00. The molecule has 0 unspecified atom stereocenters. The first-order chi connectivity index (χ1) is 27.2. The van der Waals surface area contributed by atoms with E-state index in [-0.39, 0.29) is 17.8 Å². The van der Waals surface area contributed by atoms with Crippen molar-refractivity contribution >= 4 is 28.8 Å². The third-order valence-corrected chi connectivity index (χ3v) is 12.4. The predicted molar refractivity (Wildman–Crippen MR) is 215 cm³/mol. The van der Waals surface area contributed by atoms with Crippen LogP contribution in [0.25, 0.3) is 10.9 Å². The normalized spacial score (nSPS) is 21.3. The van der Waals surface area contributed by atoms with E-state index in [2.05, 4.69) is 56.2 Å². The first-order valence-electron chi connectivity index (χ1n) is 20.2. The largest absolute Gasteiger partial charge is 0.481 e. The van der Waals surface area contributed by atoms with Gasteiger partial charge in [-0.2, -0.15) is 0 Å². The maximum absolute atomic E-state index is 12.4. The van der Waals surface area contributed by atoms with Gasteiger partial charge in [0.2, 0.25) is 0 Å². The Balaban J connectivity index is 1.17. The van der Waals surface area contributed by atoms with Gasteiger partial charge in [0.1, 0.15) is 0 Å². The second kappa shape index (κ2) is 18.5. The van der Waals surface area contributed by atoms with E-state index in [0.29, 0.717) is 38.9 Å². The number of hydrogen-bond acceptors (Lipinski definition) is 8. The minimum Gasteiger partial charge on any atom is -0.481 e. The van der Waals surface area contributed by atoms with E-state index in [9.17, 15) is 29.7 Å². The fourth-order valence-electron chi connectivity index (χ4n) is 9.34. The summed E-state index contributed by atoms with van der Waals surface area (Å²) in [5, 5.41) is 41.4. The SMILES string of the molecule is O=C(O)[C@@H](Cc1cccc(CN(Cc2cccc(C[C@H](C(=O)O)[C@H]3CCNC3)c2)Cc2ccnc3ccc(C[C@H](C(=O)O)[C@H]4CCNC4)cc23)c1)[C@H]1CCNC1. The summed E-state index contributed by atoms with van der Waals surface area (Å²) < 4.78 is 0. The Morgan fingerprint density at radius 2 is 1.04 bits per heavy atom. The van der Waals surface area contributed by atoms with Gasteiger partial charge in [0.15, 0.2) is 0 Å². The number of hydrogen-bond donors (Lipinski definition) is 6. The molecule has 3 aromatic carbocycles. The smallest absolute Gasteiger partial charge is 0.307 e. The number of pyridine rings is 1. The molecule has 3 aliphatic heterocycles. The van der Waals surface area contributed by atoms with Crippen molar-refractivity contribution in [3.8, 4) is 0 Å². The highest BCUT2D eigenvalue weighted by atomic mass is 16.4. The van der Waals surface area contributed by atoms with Crippen molar-refractivity contribution in [2.24, 2.45) is 35.5 Å². The van der Waals surface area contributed by atoms with Crippen molar-refractivity contribution in [2.45, 2.75) is 58.2 Å². The van der Waals surface area contributed by atoms with E-state index in [1.807, 2.05) is 48.7 Å². The van der Waals surface area contributed by atoms with Crippen LogP contribution < -0.4 is 16.0 Å². The van der Waals surface area contributed by atoms with Crippen LogP contribution in [0.15, 0.2) is 79.0 Å². The van der Waals surface area contributed by atoms with E-state index in [4.69, 9.17) is 0 Å². The average molecular weight is 762 g/mol. The van der Waals surface area contributed by atoms with Gasteiger partial charge in [-0.15, -0.1) is 0 Å². The molecule has 3 fully saturated rings. The van der Waals surface area contributed by atoms with Crippen molar-refractivity contribution in [1.82, 2.24) is 25.8 Å². The molecule has 3 saturated heterocycles. The molecule has 6 atom stereocenters. The second-order valence-corrected chi connectivity index (χ2v) is 16.3. The molecule has 11 nitrogen and oxygen atoms in total. The van der Waals surface area contributed by atoms with Gasteiger partial charge in [-0.1, -0.05) is 54.6 Å². The first kappa shape index (κ1) is 39.6. The summed E-state index contributed by atoms with van der Waals surface area (Å²) in [6, 6.07) is 24.7. The molecular formula is C45H55N5O6. The number of carboxylic acid groups (broad SMARTS) is 3. The van der Waals surface area contributed by atoms with Crippen LogP contribution in [0.2, 0.25) is 0 Å². The van der Waals surface area contributed by atoms with Gasteiger partial charge in [-0.05, 0) is 147 Å². The van der Waals surface area contributed by atoms with Gasteiger partial charge in [-0.25, -0.2) is 0 Å². The molecule has 0 amide bonds. The van der Waals surface area contributed by atoms with E-state index in [0.717, 1.165) is 103 Å². The highest BCUT2D eigenvalue weighted by Crippen LogP contribution is 2.29. The zero-order valence-electron chi connectivity index (χ0n) is 32.0. The third-order valence-electron chi connectivity index (χ3n) is 12.4. The van der Waals surface area contributed by atoms with Crippen LogP contribution in [0, 0.1) is 35.5 Å². The van der Waals surface area contributed by atoms with Gasteiger partial charge in [0, 0.05) is 31.2 Å². The molecule has 0 radical (unpaired) electrons. The molecule has 7 rings (SSSR count). The van der Waals surface area contributed by atoms with Crippen LogP contribution in [0.4, 0.5) is 0 Å². The Bertz CT molecular complexity index is 1910. The van der Waals surface area contributed by atoms with E-state index in [1.165, 1.54) is 0 Å². The van der Waals surface area contributed by atoms with Crippen molar-refractivity contribution in [2.75, 3.05) is 39.3 Å². The molecule has 4 aromatic rings. The number of benzene rings is 3. The first-order valence-corrected chi connectivity index (χ1v) is 20.2. The molecule has 56 heavy (non-hydrogen) atoms. The van der Waals surface area contributed by atoms with Gasteiger partial charge in [0.05, 0.1) is 23.3 Å². The monoisotopic (exact) mass is 761 g/mol. The Hall–Kier alpha value is -4.68. The van der Waals surface area contributed by atoms with Crippen LogP contribution in [-0.2, 0) is 53.3 Å². The highest BCUT2D eigenvalue weighted by Gasteiger charge is 2.33.